The van der Waals surface area contributed by atoms with Crippen LogP contribution in [0.15, 0.2) is 81.8 Å². The van der Waals surface area contributed by atoms with E-state index in [2.05, 4.69) is 71.4 Å². The summed E-state index contributed by atoms with van der Waals surface area (Å²) in [7, 11) is -4.14. The first-order valence-corrected chi connectivity index (χ1v) is 15.4. The second kappa shape index (κ2) is 12.3. The number of nitrogens with zero attached hydrogens (tertiary/aromatic N) is 1. The minimum atomic E-state index is -4.14. The molecule has 0 aliphatic carbocycles. The molecule has 1 aromatic heterocycles. The second-order valence-electron chi connectivity index (χ2n) is 10.6. The number of carbonyl (C=O) groups excluding carboxylic acids is 1. The third-order valence-corrected chi connectivity index (χ3v) is 8.50. The molecule has 2 N–H and O–H groups in total. The molecule has 10 heteroatoms. The molecule has 0 fully saturated rings. The maximum atomic E-state index is 12.4. The van der Waals surface area contributed by atoms with E-state index in [-0.39, 0.29) is 17.9 Å². The number of amides is 1. The first-order valence-electron chi connectivity index (χ1n) is 12.6. The lowest BCUT2D eigenvalue weighted by molar-refractivity contribution is 0.0956. The predicted octanol–water partition coefficient (Wildman–Crippen LogP) is 7.05. The highest BCUT2D eigenvalue weighted by atomic mass is 79.9. The van der Waals surface area contributed by atoms with Gasteiger partial charge in [-0.15, -0.1) is 0 Å². The Morgan fingerprint density at radius 2 is 1.73 bits per heavy atom. The van der Waals surface area contributed by atoms with Gasteiger partial charge in [0, 0.05) is 34.1 Å². The smallest absolute Gasteiger partial charge is 0.266 e. The van der Waals surface area contributed by atoms with Gasteiger partial charge in [-0.25, -0.2) is 0 Å². The van der Waals surface area contributed by atoms with Crippen molar-refractivity contribution >= 4 is 43.6 Å². The van der Waals surface area contributed by atoms with E-state index < -0.39 is 21.8 Å². The van der Waals surface area contributed by atoms with Crippen LogP contribution in [-0.4, -0.2) is 36.3 Å². The van der Waals surface area contributed by atoms with Crippen molar-refractivity contribution in [3.05, 3.63) is 110 Å². The molecule has 4 aromatic rings. The van der Waals surface area contributed by atoms with Crippen LogP contribution >= 0.6 is 27.5 Å². The van der Waals surface area contributed by atoms with E-state index in [9.17, 15) is 13.2 Å². The third kappa shape index (κ3) is 7.81. The Kier molecular flexibility index (Phi) is 9.19. The number of aromatic nitrogens is 1. The van der Waals surface area contributed by atoms with Crippen LogP contribution in [0, 0.1) is 0 Å². The van der Waals surface area contributed by atoms with Crippen molar-refractivity contribution in [3.63, 3.8) is 0 Å². The molecule has 3 aromatic carbocycles. The SMILES string of the molecule is CC(C)(C)c1ccc(C(Cc2ccc(C(=O)NCCS(=O)(=O)O)cc2)c2cc(-c3ccc(Cl)c(Br)c3)on2)cc1. The molecule has 7 nitrogen and oxygen atoms in total. The number of hydrogen-bond donors (Lipinski definition) is 2. The summed E-state index contributed by atoms with van der Waals surface area (Å²) in [5.74, 6) is -0.448. The largest absolute Gasteiger partial charge is 0.356 e. The molecule has 0 saturated heterocycles. The van der Waals surface area contributed by atoms with Crippen LogP contribution in [0.5, 0.6) is 0 Å². The Balaban J connectivity index is 1.60. The maximum absolute atomic E-state index is 12.4. The van der Waals surface area contributed by atoms with Gasteiger partial charge in [0.05, 0.1) is 16.5 Å². The fourth-order valence-corrected chi connectivity index (χ4v) is 5.13. The fraction of sp³-hybridized carbons (Fsp3) is 0.267. The molecule has 1 heterocycles. The van der Waals surface area contributed by atoms with Crippen molar-refractivity contribution in [3.8, 4) is 11.3 Å². The Labute approximate surface area is 247 Å². The zero-order valence-corrected chi connectivity index (χ0v) is 25.5. The highest BCUT2D eigenvalue weighted by molar-refractivity contribution is 9.10. The molecule has 1 atom stereocenters. The van der Waals surface area contributed by atoms with E-state index in [4.69, 9.17) is 20.7 Å². The summed E-state index contributed by atoms with van der Waals surface area (Å²) in [6.07, 6.45) is 0.607. The van der Waals surface area contributed by atoms with Crippen LogP contribution in [0.25, 0.3) is 11.3 Å². The molecule has 4 rings (SSSR count). The lowest BCUT2D eigenvalue weighted by atomic mass is 9.83. The highest BCUT2D eigenvalue weighted by Gasteiger charge is 2.22. The van der Waals surface area contributed by atoms with Crippen LogP contribution in [0.4, 0.5) is 0 Å². The van der Waals surface area contributed by atoms with E-state index in [0.29, 0.717) is 22.8 Å². The van der Waals surface area contributed by atoms with Gasteiger partial charge in [-0.3, -0.25) is 9.35 Å². The number of halogens is 2. The second-order valence-corrected chi connectivity index (χ2v) is 13.4. The summed E-state index contributed by atoms with van der Waals surface area (Å²) in [5, 5.41) is 7.54. The summed E-state index contributed by atoms with van der Waals surface area (Å²) in [6, 6.07) is 23.1. The fourth-order valence-electron chi connectivity index (χ4n) is 4.27. The maximum Gasteiger partial charge on any atom is 0.266 e. The van der Waals surface area contributed by atoms with Crippen molar-refractivity contribution in [1.82, 2.24) is 10.5 Å². The van der Waals surface area contributed by atoms with E-state index >= 15 is 0 Å². The third-order valence-electron chi connectivity index (χ3n) is 6.57. The van der Waals surface area contributed by atoms with Gasteiger partial charge in [-0.1, -0.05) is 73.9 Å². The molecule has 0 saturated carbocycles. The minimum absolute atomic E-state index is 0.0226. The number of benzene rings is 3. The van der Waals surface area contributed by atoms with Gasteiger partial charge in [0.2, 0.25) is 0 Å². The molecule has 1 unspecified atom stereocenters. The molecular weight excluding hydrogens is 616 g/mol. The summed E-state index contributed by atoms with van der Waals surface area (Å²) < 4.78 is 37.2. The van der Waals surface area contributed by atoms with Crippen LogP contribution in [0.2, 0.25) is 5.02 Å². The van der Waals surface area contributed by atoms with Crippen LogP contribution in [0.1, 0.15) is 59.4 Å². The minimum Gasteiger partial charge on any atom is -0.356 e. The normalized spacial score (nSPS) is 12.8. The highest BCUT2D eigenvalue weighted by Crippen LogP contribution is 2.34. The molecule has 0 spiro atoms. The van der Waals surface area contributed by atoms with Gasteiger partial charge >= 0.3 is 0 Å². The zero-order chi connectivity index (χ0) is 29.1. The molecule has 0 aliphatic heterocycles. The first-order chi connectivity index (χ1) is 18.8. The molecular formula is C30H30BrClN2O5S. The number of rotatable bonds is 9. The average molecular weight is 646 g/mol. The summed E-state index contributed by atoms with van der Waals surface area (Å²) in [4.78, 5) is 12.4. The van der Waals surface area contributed by atoms with Crippen LogP contribution in [0.3, 0.4) is 0 Å². The topological polar surface area (TPSA) is 110 Å². The van der Waals surface area contributed by atoms with E-state index in [1.807, 2.05) is 30.3 Å². The Hall–Kier alpha value is -2.98. The summed E-state index contributed by atoms with van der Waals surface area (Å²) in [6.45, 7) is 6.35. The zero-order valence-electron chi connectivity index (χ0n) is 22.3. The summed E-state index contributed by atoms with van der Waals surface area (Å²) in [5.41, 5.74) is 5.33. The van der Waals surface area contributed by atoms with Gasteiger partial charge < -0.3 is 9.84 Å². The number of hydrogen-bond acceptors (Lipinski definition) is 5. The van der Waals surface area contributed by atoms with E-state index in [0.717, 1.165) is 26.9 Å². The van der Waals surface area contributed by atoms with Crippen molar-refractivity contribution in [2.45, 2.75) is 38.5 Å². The molecule has 210 valence electrons. The van der Waals surface area contributed by atoms with E-state index in [1.54, 1.807) is 18.2 Å². The van der Waals surface area contributed by atoms with Crippen LogP contribution in [-0.2, 0) is 22.0 Å². The van der Waals surface area contributed by atoms with Crippen molar-refractivity contribution < 1.29 is 22.3 Å². The first kappa shape index (κ1) is 30.0. The molecule has 40 heavy (non-hydrogen) atoms. The van der Waals surface area contributed by atoms with Crippen molar-refractivity contribution in [1.29, 1.82) is 0 Å². The Morgan fingerprint density at radius 1 is 1.05 bits per heavy atom. The molecule has 0 aliphatic rings. The van der Waals surface area contributed by atoms with Crippen molar-refractivity contribution in [2.75, 3.05) is 12.3 Å². The quantitative estimate of drug-likeness (QED) is 0.189. The Morgan fingerprint density at radius 3 is 2.33 bits per heavy atom. The predicted molar refractivity (Wildman–Crippen MR) is 161 cm³/mol. The average Bonchev–Trinajstić information content (AvgIpc) is 3.38. The van der Waals surface area contributed by atoms with Gasteiger partial charge in [0.1, 0.15) is 0 Å². The molecule has 0 bridgehead atoms. The lowest BCUT2D eigenvalue weighted by Crippen LogP contribution is -2.28. The van der Waals surface area contributed by atoms with Crippen LogP contribution < -0.4 is 5.32 Å². The number of carbonyl (C=O) groups is 1. The lowest BCUT2D eigenvalue weighted by Gasteiger charge is -2.21. The van der Waals surface area contributed by atoms with Gasteiger partial charge in [0.15, 0.2) is 5.76 Å². The molecule has 0 radical (unpaired) electrons. The van der Waals surface area contributed by atoms with Crippen molar-refractivity contribution in [2.24, 2.45) is 0 Å². The van der Waals surface area contributed by atoms with Gasteiger partial charge in [-0.2, -0.15) is 8.42 Å². The standard InChI is InChI=1S/C30H30BrClN2O5S/c1-30(2,3)23-11-8-20(9-12-23)24(27-18-28(39-34-27)22-10-13-26(32)25(31)17-22)16-19-4-6-21(7-5-19)29(35)33-14-15-40(36,37)38/h4-13,17-18,24H,14-16H2,1-3H3,(H,33,35)(H,36,37,38). The van der Waals surface area contributed by atoms with Gasteiger partial charge in [0.25, 0.3) is 16.0 Å². The van der Waals surface area contributed by atoms with Gasteiger partial charge in [-0.05, 0) is 74.8 Å². The van der Waals surface area contributed by atoms with E-state index in [1.165, 1.54) is 5.56 Å². The summed E-state index contributed by atoms with van der Waals surface area (Å²) >= 11 is 9.62. The number of nitrogens with one attached hydrogen (secondary N) is 1. The Bertz CT molecular complexity index is 1590. The monoisotopic (exact) mass is 644 g/mol. The molecule has 1 amide bonds.